The van der Waals surface area contributed by atoms with Gasteiger partial charge in [0, 0.05) is 38.0 Å². The SMILES string of the molecule is CCn1cc(C(=O)NCC(=O)N2CCCC[C@@H]2CCO)c(=O)c2cc3c(cc21)OCO3. The number of pyridine rings is 1. The van der Waals surface area contributed by atoms with Crippen LogP contribution >= 0.6 is 0 Å². The van der Waals surface area contributed by atoms with Crippen LogP contribution in [0.2, 0.25) is 0 Å². The lowest BCUT2D eigenvalue weighted by molar-refractivity contribution is -0.134. The van der Waals surface area contributed by atoms with E-state index in [4.69, 9.17) is 9.47 Å². The second-order valence-electron chi connectivity index (χ2n) is 7.81. The van der Waals surface area contributed by atoms with Gasteiger partial charge in [0.25, 0.3) is 5.91 Å². The predicted molar refractivity (Wildman–Crippen MR) is 113 cm³/mol. The third-order valence-corrected chi connectivity index (χ3v) is 5.97. The minimum absolute atomic E-state index is 0.00884. The molecule has 4 rings (SSSR count). The number of ether oxygens (including phenoxy) is 2. The van der Waals surface area contributed by atoms with Gasteiger partial charge < -0.3 is 29.4 Å². The van der Waals surface area contributed by atoms with E-state index < -0.39 is 11.3 Å². The molecule has 0 spiro atoms. The average Bonchev–Trinajstić information content (AvgIpc) is 3.25. The summed E-state index contributed by atoms with van der Waals surface area (Å²) in [6.45, 7) is 3.00. The molecule has 1 fully saturated rings. The maximum absolute atomic E-state index is 13.0. The first-order valence-corrected chi connectivity index (χ1v) is 10.7. The van der Waals surface area contributed by atoms with Crippen LogP contribution in [0.1, 0.15) is 43.0 Å². The van der Waals surface area contributed by atoms with Crippen molar-refractivity contribution in [1.29, 1.82) is 0 Å². The van der Waals surface area contributed by atoms with Crippen LogP contribution < -0.4 is 20.2 Å². The average molecular weight is 429 g/mol. The van der Waals surface area contributed by atoms with Crippen molar-refractivity contribution >= 4 is 22.7 Å². The van der Waals surface area contributed by atoms with Crippen molar-refractivity contribution in [3.05, 3.63) is 34.1 Å². The Labute approximate surface area is 179 Å². The quantitative estimate of drug-likeness (QED) is 0.715. The molecule has 9 nitrogen and oxygen atoms in total. The standard InChI is InChI=1S/C22H27N3O6/c1-2-24-12-16(21(28)15-9-18-19(10-17(15)24)31-13-30-18)22(29)23-11-20(27)25-7-4-3-5-14(25)6-8-26/h9-10,12,14,26H,2-8,11,13H2,1H3,(H,23,29)/t14-/m1/s1. The molecule has 2 amide bonds. The van der Waals surface area contributed by atoms with Gasteiger partial charge in [0.15, 0.2) is 11.5 Å². The van der Waals surface area contributed by atoms with Gasteiger partial charge in [-0.3, -0.25) is 14.4 Å². The summed E-state index contributed by atoms with van der Waals surface area (Å²) < 4.78 is 12.6. The van der Waals surface area contributed by atoms with Crippen molar-refractivity contribution < 1.29 is 24.2 Å². The second-order valence-corrected chi connectivity index (χ2v) is 7.81. The highest BCUT2D eigenvalue weighted by Gasteiger charge is 2.27. The largest absolute Gasteiger partial charge is 0.454 e. The van der Waals surface area contributed by atoms with Crippen molar-refractivity contribution in [2.45, 2.75) is 45.2 Å². The summed E-state index contributed by atoms with van der Waals surface area (Å²) in [5.41, 5.74) is 0.218. The molecule has 1 saturated heterocycles. The number of rotatable bonds is 6. The Morgan fingerprint density at radius 1 is 1.23 bits per heavy atom. The van der Waals surface area contributed by atoms with E-state index in [0.29, 0.717) is 41.9 Å². The summed E-state index contributed by atoms with van der Waals surface area (Å²) in [5.74, 6) is 0.248. The monoisotopic (exact) mass is 429 g/mol. The molecule has 0 radical (unpaired) electrons. The Morgan fingerprint density at radius 2 is 2.00 bits per heavy atom. The Morgan fingerprint density at radius 3 is 2.74 bits per heavy atom. The van der Waals surface area contributed by atoms with Crippen LogP contribution in [0.15, 0.2) is 23.1 Å². The number of benzene rings is 1. The molecule has 2 aromatic rings. The fourth-order valence-corrected chi connectivity index (χ4v) is 4.33. The molecule has 166 valence electrons. The minimum atomic E-state index is -0.587. The van der Waals surface area contributed by atoms with Crippen molar-refractivity contribution in [3.8, 4) is 11.5 Å². The number of likely N-dealkylation sites (tertiary alicyclic amines) is 1. The van der Waals surface area contributed by atoms with Crippen molar-refractivity contribution in [3.63, 3.8) is 0 Å². The van der Waals surface area contributed by atoms with E-state index in [1.165, 1.54) is 6.20 Å². The summed E-state index contributed by atoms with van der Waals surface area (Å²) >= 11 is 0. The number of aliphatic hydroxyl groups is 1. The number of nitrogens with one attached hydrogen (secondary N) is 1. The molecule has 0 saturated carbocycles. The van der Waals surface area contributed by atoms with Crippen LogP contribution in [0, 0.1) is 0 Å². The smallest absolute Gasteiger partial charge is 0.257 e. The van der Waals surface area contributed by atoms with Gasteiger partial charge in [0.2, 0.25) is 18.1 Å². The fourth-order valence-electron chi connectivity index (χ4n) is 4.33. The molecule has 0 aliphatic carbocycles. The van der Waals surface area contributed by atoms with Crippen molar-refractivity contribution in [1.82, 2.24) is 14.8 Å². The lowest BCUT2D eigenvalue weighted by atomic mass is 9.99. The third-order valence-electron chi connectivity index (χ3n) is 5.97. The zero-order valence-corrected chi connectivity index (χ0v) is 17.6. The van der Waals surface area contributed by atoms with Gasteiger partial charge in [-0.1, -0.05) is 0 Å². The van der Waals surface area contributed by atoms with Crippen LogP contribution in [0.5, 0.6) is 11.5 Å². The van der Waals surface area contributed by atoms with Gasteiger partial charge >= 0.3 is 0 Å². The first-order chi connectivity index (χ1) is 15.0. The van der Waals surface area contributed by atoms with E-state index in [0.717, 1.165) is 19.3 Å². The molecular formula is C22H27N3O6. The lowest BCUT2D eigenvalue weighted by Gasteiger charge is -2.35. The molecule has 2 aliphatic heterocycles. The third kappa shape index (κ3) is 4.10. The number of nitrogens with zero attached hydrogens (tertiary/aromatic N) is 2. The van der Waals surface area contributed by atoms with E-state index in [1.54, 1.807) is 21.6 Å². The highest BCUT2D eigenvalue weighted by Crippen LogP contribution is 2.35. The number of aliphatic hydroxyl groups excluding tert-OH is 1. The van der Waals surface area contributed by atoms with Gasteiger partial charge in [-0.2, -0.15) is 0 Å². The topological polar surface area (TPSA) is 110 Å². The summed E-state index contributed by atoms with van der Waals surface area (Å²) in [4.78, 5) is 40.3. The highest BCUT2D eigenvalue weighted by molar-refractivity contribution is 5.99. The van der Waals surface area contributed by atoms with E-state index in [9.17, 15) is 19.5 Å². The van der Waals surface area contributed by atoms with Crippen molar-refractivity contribution in [2.75, 3.05) is 26.5 Å². The zero-order chi connectivity index (χ0) is 22.0. The number of hydrogen-bond acceptors (Lipinski definition) is 6. The maximum atomic E-state index is 13.0. The van der Waals surface area contributed by atoms with Gasteiger partial charge in [-0.25, -0.2) is 0 Å². The van der Waals surface area contributed by atoms with Gasteiger partial charge in [0.1, 0.15) is 5.56 Å². The van der Waals surface area contributed by atoms with E-state index >= 15 is 0 Å². The molecular weight excluding hydrogens is 402 g/mol. The first-order valence-electron chi connectivity index (χ1n) is 10.7. The molecule has 1 atom stereocenters. The summed E-state index contributed by atoms with van der Waals surface area (Å²) in [7, 11) is 0. The minimum Gasteiger partial charge on any atom is -0.454 e. The number of hydrogen-bond donors (Lipinski definition) is 2. The van der Waals surface area contributed by atoms with Gasteiger partial charge in [-0.05, 0) is 38.7 Å². The van der Waals surface area contributed by atoms with Gasteiger partial charge in [-0.15, -0.1) is 0 Å². The number of fused-ring (bicyclic) bond motifs is 2. The number of amides is 2. The van der Waals surface area contributed by atoms with Crippen LogP contribution in [0.4, 0.5) is 0 Å². The number of aryl methyl sites for hydroxylation is 1. The van der Waals surface area contributed by atoms with Gasteiger partial charge in [0.05, 0.1) is 17.4 Å². The van der Waals surface area contributed by atoms with Crippen LogP contribution in [-0.2, 0) is 11.3 Å². The maximum Gasteiger partial charge on any atom is 0.257 e. The number of carbonyl (C=O) groups excluding carboxylic acids is 2. The molecule has 2 aliphatic rings. The molecule has 31 heavy (non-hydrogen) atoms. The Kier molecular flexibility index (Phi) is 6.13. The zero-order valence-electron chi connectivity index (χ0n) is 17.6. The highest BCUT2D eigenvalue weighted by atomic mass is 16.7. The Bertz CT molecular complexity index is 1060. The summed E-state index contributed by atoms with van der Waals surface area (Å²) in [6.07, 6.45) is 4.82. The fraction of sp³-hybridized carbons (Fsp3) is 0.500. The van der Waals surface area contributed by atoms with Crippen molar-refractivity contribution in [2.24, 2.45) is 0 Å². The second kappa shape index (κ2) is 8.97. The lowest BCUT2D eigenvalue weighted by Crippen LogP contribution is -2.48. The summed E-state index contributed by atoms with van der Waals surface area (Å²) in [5, 5.41) is 12.2. The van der Waals surface area contributed by atoms with E-state index in [1.807, 2.05) is 6.92 Å². The molecule has 1 aromatic heterocycles. The number of aromatic nitrogens is 1. The molecule has 3 heterocycles. The van der Waals surface area contributed by atoms with E-state index in [-0.39, 0.29) is 37.5 Å². The number of piperidine rings is 1. The molecule has 1 aromatic carbocycles. The molecule has 2 N–H and O–H groups in total. The molecule has 0 bridgehead atoms. The predicted octanol–water partition coefficient (Wildman–Crippen LogP) is 1.24. The van der Waals surface area contributed by atoms with Crippen LogP contribution in [0.3, 0.4) is 0 Å². The molecule has 0 unspecified atom stereocenters. The summed E-state index contributed by atoms with van der Waals surface area (Å²) in [6, 6.07) is 3.33. The Balaban J connectivity index is 1.55. The normalized spacial score (nSPS) is 17.7. The van der Waals surface area contributed by atoms with Crippen LogP contribution in [-0.4, -0.2) is 58.9 Å². The van der Waals surface area contributed by atoms with Crippen LogP contribution in [0.25, 0.3) is 10.9 Å². The molecule has 9 heteroatoms. The first kappa shape index (κ1) is 21.2. The van der Waals surface area contributed by atoms with E-state index in [2.05, 4.69) is 5.32 Å². The Hall–Kier alpha value is -3.07. The number of carbonyl (C=O) groups is 2.